The Kier molecular flexibility index (Phi) is 7.23. The molecule has 1 heterocycles. The quantitative estimate of drug-likeness (QED) is 0.711. The lowest BCUT2D eigenvalue weighted by Crippen LogP contribution is -2.15. The van der Waals surface area contributed by atoms with Crippen LogP contribution in [-0.4, -0.2) is 23.1 Å². The van der Waals surface area contributed by atoms with E-state index in [1.807, 2.05) is 13.0 Å². The molecular formula is C15H28N4. The van der Waals surface area contributed by atoms with E-state index in [1.54, 1.807) is 0 Å². The number of anilines is 2. The maximum Gasteiger partial charge on any atom is 0.224 e. The van der Waals surface area contributed by atoms with Crippen molar-refractivity contribution in [2.75, 3.05) is 23.7 Å². The molecule has 0 aliphatic heterocycles. The lowest BCUT2D eigenvalue weighted by Gasteiger charge is -2.16. The third-order valence-corrected chi connectivity index (χ3v) is 3.30. The van der Waals surface area contributed by atoms with E-state index < -0.39 is 0 Å². The molecule has 0 fully saturated rings. The summed E-state index contributed by atoms with van der Waals surface area (Å²) in [5.41, 5.74) is 0.995. The SMILES string of the molecule is CCCCC(CC)CNc1cc(C)nc(NCC)n1. The average molecular weight is 264 g/mol. The highest BCUT2D eigenvalue weighted by Crippen LogP contribution is 2.15. The van der Waals surface area contributed by atoms with Gasteiger partial charge < -0.3 is 10.6 Å². The summed E-state index contributed by atoms with van der Waals surface area (Å²) < 4.78 is 0. The minimum atomic E-state index is 0.714. The third kappa shape index (κ3) is 5.90. The van der Waals surface area contributed by atoms with E-state index in [4.69, 9.17) is 0 Å². The molecule has 0 radical (unpaired) electrons. The van der Waals surface area contributed by atoms with Crippen LogP contribution in [0.15, 0.2) is 6.07 Å². The second kappa shape index (κ2) is 8.73. The molecule has 0 saturated carbocycles. The van der Waals surface area contributed by atoms with Gasteiger partial charge in [0.25, 0.3) is 0 Å². The second-order valence-electron chi connectivity index (χ2n) is 5.05. The van der Waals surface area contributed by atoms with Gasteiger partial charge in [0, 0.05) is 24.8 Å². The Labute approximate surface area is 117 Å². The average Bonchev–Trinajstić information content (AvgIpc) is 2.39. The molecule has 0 aliphatic rings. The topological polar surface area (TPSA) is 49.8 Å². The van der Waals surface area contributed by atoms with Crippen LogP contribution in [0.5, 0.6) is 0 Å². The Morgan fingerprint density at radius 2 is 1.95 bits per heavy atom. The highest BCUT2D eigenvalue weighted by atomic mass is 15.1. The minimum absolute atomic E-state index is 0.714. The smallest absolute Gasteiger partial charge is 0.224 e. The maximum atomic E-state index is 4.48. The maximum absolute atomic E-state index is 4.48. The lowest BCUT2D eigenvalue weighted by atomic mass is 9.99. The van der Waals surface area contributed by atoms with Crippen LogP contribution in [-0.2, 0) is 0 Å². The van der Waals surface area contributed by atoms with E-state index in [2.05, 4.69) is 41.4 Å². The number of aromatic nitrogens is 2. The van der Waals surface area contributed by atoms with Gasteiger partial charge in [-0.2, -0.15) is 4.98 Å². The van der Waals surface area contributed by atoms with Gasteiger partial charge in [0.2, 0.25) is 5.95 Å². The number of nitrogens with zero attached hydrogens (tertiary/aromatic N) is 2. The second-order valence-corrected chi connectivity index (χ2v) is 5.05. The van der Waals surface area contributed by atoms with Gasteiger partial charge in [-0.3, -0.25) is 0 Å². The largest absolute Gasteiger partial charge is 0.370 e. The van der Waals surface area contributed by atoms with Crippen molar-refractivity contribution in [1.29, 1.82) is 0 Å². The molecule has 19 heavy (non-hydrogen) atoms. The van der Waals surface area contributed by atoms with Gasteiger partial charge >= 0.3 is 0 Å². The predicted molar refractivity (Wildman–Crippen MR) is 82.7 cm³/mol. The molecule has 4 heteroatoms. The molecule has 0 spiro atoms. The Bertz CT molecular complexity index is 365. The van der Waals surface area contributed by atoms with Crippen LogP contribution in [0.25, 0.3) is 0 Å². The van der Waals surface area contributed by atoms with Crippen LogP contribution in [0.1, 0.15) is 52.1 Å². The van der Waals surface area contributed by atoms with Gasteiger partial charge in [0.05, 0.1) is 0 Å². The zero-order valence-electron chi connectivity index (χ0n) is 12.8. The molecule has 0 amide bonds. The van der Waals surface area contributed by atoms with Crippen LogP contribution in [0.2, 0.25) is 0 Å². The molecule has 1 aromatic rings. The molecule has 0 saturated heterocycles. The van der Waals surface area contributed by atoms with E-state index in [-0.39, 0.29) is 0 Å². The van der Waals surface area contributed by atoms with Crippen molar-refractivity contribution < 1.29 is 0 Å². The first kappa shape index (κ1) is 15.7. The number of nitrogens with one attached hydrogen (secondary N) is 2. The van der Waals surface area contributed by atoms with E-state index in [0.717, 1.165) is 30.5 Å². The van der Waals surface area contributed by atoms with Gasteiger partial charge in [-0.25, -0.2) is 4.98 Å². The summed E-state index contributed by atoms with van der Waals surface area (Å²) in [4.78, 5) is 8.83. The van der Waals surface area contributed by atoms with E-state index in [1.165, 1.54) is 25.7 Å². The Balaban J connectivity index is 2.55. The summed E-state index contributed by atoms with van der Waals surface area (Å²) in [6, 6.07) is 2.01. The molecule has 4 nitrogen and oxygen atoms in total. The van der Waals surface area contributed by atoms with Gasteiger partial charge in [0.15, 0.2) is 0 Å². The van der Waals surface area contributed by atoms with Gasteiger partial charge in [-0.1, -0.05) is 33.1 Å². The van der Waals surface area contributed by atoms with Crippen LogP contribution in [0, 0.1) is 12.8 Å². The number of hydrogen-bond donors (Lipinski definition) is 2. The van der Waals surface area contributed by atoms with E-state index in [0.29, 0.717) is 5.95 Å². The van der Waals surface area contributed by atoms with Crippen LogP contribution in [0.4, 0.5) is 11.8 Å². The standard InChI is InChI=1S/C15H28N4/c1-5-8-9-13(6-2)11-17-14-10-12(4)18-15(19-14)16-7-3/h10,13H,5-9,11H2,1-4H3,(H2,16,17,18,19). The third-order valence-electron chi connectivity index (χ3n) is 3.30. The first-order chi connectivity index (χ1) is 9.19. The predicted octanol–water partition coefficient (Wildman–Crippen LogP) is 3.85. The van der Waals surface area contributed by atoms with Crippen molar-refractivity contribution in [3.63, 3.8) is 0 Å². The summed E-state index contributed by atoms with van der Waals surface area (Å²) in [7, 11) is 0. The molecule has 1 aromatic heterocycles. The lowest BCUT2D eigenvalue weighted by molar-refractivity contribution is 0.472. The molecule has 0 aliphatic carbocycles. The van der Waals surface area contributed by atoms with E-state index in [9.17, 15) is 0 Å². The van der Waals surface area contributed by atoms with E-state index >= 15 is 0 Å². The van der Waals surface area contributed by atoms with Crippen molar-refractivity contribution in [3.8, 4) is 0 Å². The molecule has 1 unspecified atom stereocenters. The summed E-state index contributed by atoms with van der Waals surface area (Å²) >= 11 is 0. The number of hydrogen-bond acceptors (Lipinski definition) is 4. The normalized spacial score (nSPS) is 12.2. The fourth-order valence-corrected chi connectivity index (χ4v) is 2.09. The fraction of sp³-hybridized carbons (Fsp3) is 0.733. The molecule has 1 atom stereocenters. The van der Waals surface area contributed by atoms with Crippen molar-refractivity contribution in [2.24, 2.45) is 5.92 Å². The van der Waals surface area contributed by atoms with Gasteiger partial charge in [0.1, 0.15) is 5.82 Å². The van der Waals surface area contributed by atoms with Crippen molar-refractivity contribution in [3.05, 3.63) is 11.8 Å². The number of unbranched alkanes of at least 4 members (excludes halogenated alkanes) is 1. The summed E-state index contributed by atoms with van der Waals surface area (Å²) in [5.74, 6) is 2.38. The number of aryl methyl sites for hydroxylation is 1. The summed E-state index contributed by atoms with van der Waals surface area (Å²) in [6.45, 7) is 10.4. The molecule has 0 bridgehead atoms. The highest BCUT2D eigenvalue weighted by Gasteiger charge is 2.07. The first-order valence-corrected chi connectivity index (χ1v) is 7.52. The molecule has 0 aromatic carbocycles. The molecule has 108 valence electrons. The zero-order valence-corrected chi connectivity index (χ0v) is 12.8. The van der Waals surface area contributed by atoms with Crippen LogP contribution < -0.4 is 10.6 Å². The first-order valence-electron chi connectivity index (χ1n) is 7.52. The van der Waals surface area contributed by atoms with Crippen LogP contribution >= 0.6 is 0 Å². The Morgan fingerprint density at radius 3 is 2.58 bits per heavy atom. The monoisotopic (exact) mass is 264 g/mol. The van der Waals surface area contributed by atoms with Gasteiger partial charge in [-0.15, -0.1) is 0 Å². The fourth-order valence-electron chi connectivity index (χ4n) is 2.09. The Morgan fingerprint density at radius 1 is 1.16 bits per heavy atom. The molecular weight excluding hydrogens is 236 g/mol. The minimum Gasteiger partial charge on any atom is -0.370 e. The summed E-state index contributed by atoms with van der Waals surface area (Å²) in [5, 5.41) is 6.62. The van der Waals surface area contributed by atoms with Crippen LogP contribution in [0.3, 0.4) is 0 Å². The zero-order chi connectivity index (χ0) is 14.1. The van der Waals surface area contributed by atoms with Crippen molar-refractivity contribution in [2.45, 2.75) is 53.4 Å². The summed E-state index contributed by atoms with van der Waals surface area (Å²) in [6.07, 6.45) is 5.10. The van der Waals surface area contributed by atoms with Gasteiger partial charge in [-0.05, 0) is 26.2 Å². The number of rotatable bonds is 9. The van der Waals surface area contributed by atoms with Crippen molar-refractivity contribution >= 4 is 11.8 Å². The molecule has 2 N–H and O–H groups in total. The Hall–Kier alpha value is -1.32. The molecule has 1 rings (SSSR count). The van der Waals surface area contributed by atoms with Crippen molar-refractivity contribution in [1.82, 2.24) is 9.97 Å². The highest BCUT2D eigenvalue weighted by molar-refractivity contribution is 5.42.